The van der Waals surface area contributed by atoms with Crippen LogP contribution in [0.2, 0.25) is 0 Å². The minimum Gasteiger partial charge on any atom is -0.478 e. The third kappa shape index (κ3) is 3.22. The zero-order valence-electron chi connectivity index (χ0n) is 13.1. The zero-order chi connectivity index (χ0) is 17.3. The molecule has 0 saturated carbocycles. The van der Waals surface area contributed by atoms with Crippen molar-refractivity contribution in [3.05, 3.63) is 53.1 Å². The number of carboxylic acid groups (broad SMARTS) is 1. The van der Waals surface area contributed by atoms with Crippen LogP contribution >= 0.6 is 0 Å². The molecule has 0 radical (unpaired) electrons. The molecule has 3 rings (SSSR count). The molecule has 7 heteroatoms. The lowest BCUT2D eigenvalue weighted by Gasteiger charge is -2.13. The number of nitrogens with one attached hydrogen (secondary N) is 1. The average molecular weight is 347 g/mol. The molecule has 2 N–H and O–H groups in total. The molecule has 0 saturated heterocycles. The van der Waals surface area contributed by atoms with Gasteiger partial charge in [0.15, 0.2) is 11.5 Å². The molecule has 1 heterocycles. The number of rotatable bonds is 5. The summed E-state index contributed by atoms with van der Waals surface area (Å²) in [6, 6.07) is 10.1. The molecule has 1 atom stereocenters. The Bertz CT molecular complexity index is 905. The number of hydrogen-bond donors (Lipinski definition) is 2. The smallest absolute Gasteiger partial charge is 0.335 e. The summed E-state index contributed by atoms with van der Waals surface area (Å²) in [6.07, 6.45) is 0. The van der Waals surface area contributed by atoms with Crippen molar-refractivity contribution >= 4 is 21.5 Å². The van der Waals surface area contributed by atoms with Gasteiger partial charge in [-0.05, 0) is 48.2 Å². The van der Waals surface area contributed by atoms with Gasteiger partial charge in [0.25, 0.3) is 0 Å². The summed E-state index contributed by atoms with van der Waals surface area (Å²) in [5.41, 5.74) is 1.59. The normalized spacial score (nSPS) is 15.0. The molecule has 2 aromatic carbocycles. The Hall–Kier alpha value is -2.51. The third-order valence-corrected chi connectivity index (χ3v) is 5.39. The van der Waals surface area contributed by atoms with Crippen molar-refractivity contribution in [2.45, 2.75) is 18.4 Å². The van der Waals surface area contributed by atoms with E-state index in [0.29, 0.717) is 28.5 Å². The maximum Gasteiger partial charge on any atom is 0.335 e. The van der Waals surface area contributed by atoms with Crippen LogP contribution in [0.4, 0.5) is 0 Å². The average Bonchev–Trinajstić information content (AvgIpc) is 3.00. The van der Waals surface area contributed by atoms with Crippen LogP contribution in [0, 0.1) is 6.92 Å². The minimum absolute atomic E-state index is 0.119. The van der Waals surface area contributed by atoms with Crippen molar-refractivity contribution < 1.29 is 23.6 Å². The molecule has 1 unspecified atom stereocenters. The molecule has 6 nitrogen and oxygen atoms in total. The summed E-state index contributed by atoms with van der Waals surface area (Å²) in [6.45, 7) is 2.19. The van der Waals surface area contributed by atoms with E-state index in [2.05, 4.69) is 10.6 Å². The highest BCUT2D eigenvalue weighted by atomic mass is 32.2. The maximum atomic E-state index is 12.8. The lowest BCUT2D eigenvalue weighted by molar-refractivity contribution is 0.0696. The van der Waals surface area contributed by atoms with Crippen LogP contribution in [0.3, 0.4) is 0 Å². The highest BCUT2D eigenvalue weighted by Gasteiger charge is 2.15. The van der Waals surface area contributed by atoms with Crippen molar-refractivity contribution in [2.24, 2.45) is 0 Å². The zero-order valence-corrected chi connectivity index (χ0v) is 13.9. The number of benzene rings is 2. The van der Waals surface area contributed by atoms with E-state index >= 15 is 0 Å². The Morgan fingerprint density at radius 3 is 2.75 bits per heavy atom. The molecule has 0 aliphatic carbocycles. The van der Waals surface area contributed by atoms with E-state index in [-0.39, 0.29) is 12.4 Å². The molecule has 24 heavy (non-hydrogen) atoms. The predicted octanol–water partition coefficient (Wildman–Crippen LogP) is 2.20. The summed E-state index contributed by atoms with van der Waals surface area (Å²) in [4.78, 5) is 11.6. The molecule has 126 valence electrons. The van der Waals surface area contributed by atoms with Gasteiger partial charge in [0.05, 0.1) is 15.3 Å². The van der Waals surface area contributed by atoms with Gasteiger partial charge in [-0.15, -0.1) is 0 Å². The van der Waals surface area contributed by atoms with Gasteiger partial charge >= 0.3 is 5.97 Å². The monoisotopic (exact) mass is 347 g/mol. The first-order chi connectivity index (χ1) is 11.4. The van der Waals surface area contributed by atoms with Crippen molar-refractivity contribution in [2.75, 3.05) is 6.79 Å². The van der Waals surface area contributed by atoms with Gasteiger partial charge < -0.3 is 14.6 Å². The van der Waals surface area contributed by atoms with Gasteiger partial charge in [0.1, 0.15) is 0 Å². The largest absolute Gasteiger partial charge is 0.478 e. The molecular formula is C17H17NO5S. The van der Waals surface area contributed by atoms with Crippen LogP contribution in [0.15, 0.2) is 41.3 Å². The number of aromatic carboxylic acids is 1. The number of hydrogen-bond acceptors (Lipinski definition) is 4. The second-order valence-electron chi connectivity index (χ2n) is 5.47. The fourth-order valence-electron chi connectivity index (χ4n) is 2.37. The van der Waals surface area contributed by atoms with Crippen LogP contribution < -0.4 is 14.2 Å². The van der Waals surface area contributed by atoms with Gasteiger partial charge in [-0.25, -0.2) is 13.7 Å². The van der Waals surface area contributed by atoms with E-state index in [0.717, 1.165) is 5.56 Å². The van der Waals surface area contributed by atoms with E-state index in [1.54, 1.807) is 25.1 Å². The molecule has 0 amide bonds. The van der Waals surface area contributed by atoms with Gasteiger partial charge in [0, 0.05) is 11.4 Å². The van der Waals surface area contributed by atoms with Gasteiger partial charge in [-0.3, -0.25) is 0 Å². The Morgan fingerprint density at radius 1 is 1.25 bits per heavy atom. The van der Waals surface area contributed by atoms with Gasteiger partial charge in [0.2, 0.25) is 6.79 Å². The summed E-state index contributed by atoms with van der Waals surface area (Å²) in [5, 5.41) is 9.19. The fraction of sp³-hybridized carbons (Fsp3) is 0.176. The van der Waals surface area contributed by atoms with E-state index in [1.165, 1.54) is 6.07 Å². The quantitative estimate of drug-likeness (QED) is 0.810. The number of aryl methyl sites for hydroxylation is 1. The van der Waals surface area contributed by atoms with Crippen LogP contribution in [-0.2, 0) is 16.3 Å². The van der Waals surface area contributed by atoms with Gasteiger partial charge in [-0.2, -0.15) is 0 Å². The predicted molar refractivity (Wildman–Crippen MR) is 91.1 cm³/mol. The Morgan fingerprint density at radius 2 is 2.00 bits per heavy atom. The minimum atomic E-state index is -2.83. The number of ether oxygens (including phenoxy) is 2. The molecule has 0 spiro atoms. The first kappa shape index (κ1) is 16.4. The van der Waals surface area contributed by atoms with E-state index in [4.69, 9.17) is 9.47 Å². The molecule has 1 aliphatic heterocycles. The van der Waals surface area contributed by atoms with Crippen LogP contribution in [0.25, 0.3) is 0 Å². The van der Waals surface area contributed by atoms with E-state index < -0.39 is 15.7 Å². The molecular weight excluding hydrogens is 330 g/mol. The first-order valence-corrected chi connectivity index (χ1v) is 8.94. The molecule has 2 aromatic rings. The molecule has 1 aliphatic rings. The highest BCUT2D eigenvalue weighted by molar-refractivity contribution is 7.98. The van der Waals surface area contributed by atoms with E-state index in [1.807, 2.05) is 12.1 Å². The number of carbonyl (C=O) groups is 1. The summed E-state index contributed by atoms with van der Waals surface area (Å²) in [7, 11) is -2.83. The highest BCUT2D eigenvalue weighted by Crippen LogP contribution is 2.32. The lowest BCUT2D eigenvalue weighted by atomic mass is 10.1. The standard InChI is InChI=1S/C17H17NO5S/c1-11-3-5-13(8-14(11)17(19)20)24(2,21)18-9-12-4-6-15-16(7-12)23-10-22-15/h3-8H,2,9-10H2,1H3,(H,18,21)(H,19,20). The van der Waals surface area contributed by atoms with Crippen molar-refractivity contribution in [3.63, 3.8) is 0 Å². The summed E-state index contributed by atoms with van der Waals surface area (Å²) >= 11 is 0. The van der Waals surface area contributed by atoms with Crippen LogP contribution in [0.5, 0.6) is 11.5 Å². The van der Waals surface area contributed by atoms with E-state index in [9.17, 15) is 14.1 Å². The Labute approximate surface area is 140 Å². The summed E-state index contributed by atoms with van der Waals surface area (Å²) in [5.74, 6) is 4.00. The molecule has 0 fully saturated rings. The van der Waals surface area contributed by atoms with Crippen LogP contribution in [0.1, 0.15) is 21.5 Å². The van der Waals surface area contributed by atoms with Crippen molar-refractivity contribution in [1.82, 2.24) is 4.72 Å². The molecule has 0 aromatic heterocycles. The van der Waals surface area contributed by atoms with Crippen molar-refractivity contribution in [3.8, 4) is 11.5 Å². The Balaban J connectivity index is 1.79. The van der Waals surface area contributed by atoms with Crippen molar-refractivity contribution in [1.29, 1.82) is 0 Å². The second-order valence-corrected chi connectivity index (χ2v) is 7.58. The lowest BCUT2D eigenvalue weighted by Crippen LogP contribution is -2.23. The topological polar surface area (TPSA) is 84.9 Å². The molecule has 0 bridgehead atoms. The maximum absolute atomic E-state index is 12.8. The third-order valence-electron chi connectivity index (χ3n) is 3.77. The second kappa shape index (κ2) is 6.18. The summed E-state index contributed by atoms with van der Waals surface area (Å²) < 4.78 is 26.3. The van der Waals surface area contributed by atoms with Crippen LogP contribution in [-0.4, -0.2) is 27.9 Å². The first-order valence-electron chi connectivity index (χ1n) is 7.21. The van der Waals surface area contributed by atoms with Gasteiger partial charge in [-0.1, -0.05) is 12.1 Å². The number of fused-ring (bicyclic) bond motifs is 1. The number of carboxylic acids is 1. The SMILES string of the molecule is C=S(=O)(NCc1ccc2c(c1)OCO2)c1ccc(C)c(C(=O)O)c1. The Kier molecular flexibility index (Phi) is 4.21. The fourth-order valence-corrected chi connectivity index (χ4v) is 3.53.